The molecular weight excluding hydrogens is 453 g/mol. The number of aromatic carboxylic acids is 1. The minimum atomic E-state index is -5.87. The first kappa shape index (κ1) is 22.7. The van der Waals surface area contributed by atoms with Gasteiger partial charge in [-0.2, -0.15) is 22.0 Å². The molecule has 0 aliphatic carbocycles. The highest BCUT2D eigenvalue weighted by atomic mass is 32.2. The SMILES string of the molecule is CCS(=O)(=O)c1cc(C(=O)O)cnc1N1Nc2nc(C(F)(F)C(F)(F)F)[nH]c2CC1C. The van der Waals surface area contributed by atoms with E-state index in [0.717, 1.165) is 17.3 Å². The summed E-state index contributed by atoms with van der Waals surface area (Å²) in [6.45, 7) is 2.87. The van der Waals surface area contributed by atoms with E-state index >= 15 is 0 Å². The molecule has 1 atom stereocenters. The van der Waals surface area contributed by atoms with Crippen molar-refractivity contribution in [3.8, 4) is 0 Å². The van der Waals surface area contributed by atoms with Crippen molar-refractivity contribution < 1.29 is 40.3 Å². The Balaban J connectivity index is 2.07. The molecule has 0 spiro atoms. The highest BCUT2D eigenvalue weighted by Gasteiger charge is 2.61. The number of nitrogens with one attached hydrogen (secondary N) is 2. The standard InChI is InChI=1S/C16H16F5N5O4S/c1-3-31(29,30)10-5-8(13(27)28)6-22-12(10)26-7(2)4-9-11(25-26)24-14(23-9)15(17,18)16(19,20)21/h5-7,25H,3-4H2,1-2H3,(H,23,24)(H,27,28). The molecule has 0 bridgehead atoms. The van der Waals surface area contributed by atoms with Gasteiger partial charge in [0.25, 0.3) is 0 Å². The lowest BCUT2D eigenvalue weighted by Gasteiger charge is -2.35. The van der Waals surface area contributed by atoms with Gasteiger partial charge in [0, 0.05) is 12.6 Å². The number of sulfone groups is 1. The number of alkyl halides is 5. The van der Waals surface area contributed by atoms with Crippen LogP contribution >= 0.6 is 0 Å². The normalized spacial score (nSPS) is 17.3. The maximum absolute atomic E-state index is 13.6. The van der Waals surface area contributed by atoms with Gasteiger partial charge in [-0.05, 0) is 13.0 Å². The minimum absolute atomic E-state index is 0.0373. The van der Waals surface area contributed by atoms with Gasteiger partial charge < -0.3 is 10.1 Å². The maximum Gasteiger partial charge on any atom is 0.461 e. The number of hydrogen-bond acceptors (Lipinski definition) is 7. The van der Waals surface area contributed by atoms with E-state index in [1.165, 1.54) is 13.8 Å². The van der Waals surface area contributed by atoms with Crippen molar-refractivity contribution in [1.82, 2.24) is 15.0 Å². The number of fused-ring (bicyclic) bond motifs is 1. The lowest BCUT2D eigenvalue weighted by molar-refractivity contribution is -0.292. The van der Waals surface area contributed by atoms with Crippen molar-refractivity contribution >= 4 is 27.4 Å². The van der Waals surface area contributed by atoms with Gasteiger partial charge >= 0.3 is 18.1 Å². The van der Waals surface area contributed by atoms with Crippen LogP contribution in [0.5, 0.6) is 0 Å². The van der Waals surface area contributed by atoms with Crippen LogP contribution < -0.4 is 10.4 Å². The first-order valence-corrected chi connectivity index (χ1v) is 10.4. The van der Waals surface area contributed by atoms with Gasteiger partial charge in [0.2, 0.25) is 0 Å². The number of anilines is 2. The summed E-state index contributed by atoms with van der Waals surface area (Å²) >= 11 is 0. The Kier molecular flexibility index (Phi) is 5.36. The molecule has 2 aromatic heterocycles. The number of halogens is 5. The van der Waals surface area contributed by atoms with Crippen LogP contribution in [0.3, 0.4) is 0 Å². The fraction of sp³-hybridized carbons (Fsp3) is 0.438. The summed E-state index contributed by atoms with van der Waals surface area (Å²) < 4.78 is 90.3. The molecule has 9 nitrogen and oxygen atoms in total. The number of rotatable bonds is 5. The Bertz CT molecular complexity index is 1130. The van der Waals surface area contributed by atoms with Crippen molar-refractivity contribution in [2.75, 3.05) is 16.2 Å². The average Bonchev–Trinajstić information content (AvgIpc) is 3.09. The second-order valence-electron chi connectivity index (χ2n) is 6.77. The number of carboxylic acids is 1. The molecule has 3 rings (SSSR count). The summed E-state index contributed by atoms with van der Waals surface area (Å²) in [6.07, 6.45) is -5.06. The lowest BCUT2D eigenvalue weighted by Crippen LogP contribution is -2.44. The summed E-state index contributed by atoms with van der Waals surface area (Å²) in [5, 5.41) is 10.3. The van der Waals surface area contributed by atoms with Gasteiger partial charge in [0.1, 0.15) is 4.90 Å². The summed E-state index contributed by atoms with van der Waals surface area (Å²) in [5.41, 5.74) is 2.08. The van der Waals surface area contributed by atoms with Gasteiger partial charge in [-0.1, -0.05) is 6.92 Å². The van der Waals surface area contributed by atoms with Crippen LogP contribution in [0.25, 0.3) is 0 Å². The third-order valence-electron chi connectivity index (χ3n) is 4.62. The number of aromatic amines is 1. The third kappa shape index (κ3) is 3.88. The smallest absolute Gasteiger partial charge is 0.461 e. The van der Waals surface area contributed by atoms with E-state index in [-0.39, 0.29) is 29.5 Å². The summed E-state index contributed by atoms with van der Waals surface area (Å²) in [6, 6.07) is 0.232. The number of hydrogen-bond donors (Lipinski definition) is 3. The number of nitrogens with zero attached hydrogens (tertiary/aromatic N) is 3. The Morgan fingerprint density at radius 2 is 1.97 bits per heavy atom. The van der Waals surface area contributed by atoms with E-state index in [2.05, 4.69) is 15.4 Å². The predicted molar refractivity (Wildman–Crippen MR) is 96.7 cm³/mol. The number of H-pyrrole nitrogens is 1. The molecule has 2 aromatic rings. The Morgan fingerprint density at radius 1 is 1.32 bits per heavy atom. The van der Waals surface area contributed by atoms with Crippen LogP contribution in [0.4, 0.5) is 33.6 Å². The molecule has 0 fully saturated rings. The maximum atomic E-state index is 13.6. The first-order chi connectivity index (χ1) is 14.2. The van der Waals surface area contributed by atoms with Crippen LogP contribution in [-0.4, -0.2) is 52.4 Å². The van der Waals surface area contributed by atoms with Gasteiger partial charge in [0.05, 0.1) is 23.1 Å². The van der Waals surface area contributed by atoms with E-state index in [1.54, 1.807) is 0 Å². The third-order valence-corrected chi connectivity index (χ3v) is 6.35. The molecule has 31 heavy (non-hydrogen) atoms. The van der Waals surface area contributed by atoms with Crippen LogP contribution in [0.15, 0.2) is 17.2 Å². The highest BCUT2D eigenvalue weighted by molar-refractivity contribution is 7.91. The number of aromatic nitrogens is 3. The van der Waals surface area contributed by atoms with E-state index in [0.29, 0.717) is 0 Å². The van der Waals surface area contributed by atoms with Crippen LogP contribution in [0, 0.1) is 0 Å². The van der Waals surface area contributed by atoms with Gasteiger partial charge in [-0.15, -0.1) is 0 Å². The monoisotopic (exact) mass is 469 g/mol. The molecule has 0 radical (unpaired) electrons. The number of imidazole rings is 1. The summed E-state index contributed by atoms with van der Waals surface area (Å²) in [7, 11) is -3.98. The summed E-state index contributed by atoms with van der Waals surface area (Å²) in [4.78, 5) is 20.0. The van der Waals surface area contributed by atoms with Crippen molar-refractivity contribution in [3.05, 3.63) is 29.3 Å². The van der Waals surface area contributed by atoms with E-state index in [1.807, 2.05) is 4.98 Å². The quantitative estimate of drug-likeness (QED) is 0.571. The zero-order valence-corrected chi connectivity index (χ0v) is 16.8. The molecule has 0 amide bonds. The first-order valence-electron chi connectivity index (χ1n) is 8.75. The molecule has 1 unspecified atom stereocenters. The van der Waals surface area contributed by atoms with Gasteiger partial charge in [-0.3, -0.25) is 10.4 Å². The van der Waals surface area contributed by atoms with Crippen LogP contribution in [0.2, 0.25) is 0 Å². The molecule has 3 heterocycles. The van der Waals surface area contributed by atoms with E-state index < -0.39 is 50.2 Å². The second-order valence-corrected chi connectivity index (χ2v) is 9.02. The number of hydrazine groups is 1. The van der Waals surface area contributed by atoms with Crippen molar-refractivity contribution in [2.24, 2.45) is 0 Å². The molecule has 1 aliphatic rings. The number of carboxylic acid groups (broad SMARTS) is 1. The fourth-order valence-corrected chi connectivity index (χ4v) is 3.97. The Morgan fingerprint density at radius 3 is 2.52 bits per heavy atom. The molecule has 0 saturated carbocycles. The molecule has 15 heteroatoms. The molecule has 0 saturated heterocycles. The highest BCUT2D eigenvalue weighted by Crippen LogP contribution is 2.44. The molecule has 1 aliphatic heterocycles. The Hall–Kier alpha value is -2.97. The zero-order valence-electron chi connectivity index (χ0n) is 16.0. The van der Waals surface area contributed by atoms with Crippen molar-refractivity contribution in [2.45, 2.75) is 43.3 Å². The fourth-order valence-electron chi connectivity index (χ4n) is 2.92. The topological polar surface area (TPSA) is 128 Å². The molecule has 0 aromatic carbocycles. The van der Waals surface area contributed by atoms with Gasteiger partial charge in [-0.25, -0.2) is 23.2 Å². The van der Waals surface area contributed by atoms with Gasteiger partial charge in [0.15, 0.2) is 27.3 Å². The van der Waals surface area contributed by atoms with Crippen LogP contribution in [-0.2, 0) is 22.2 Å². The average molecular weight is 469 g/mol. The zero-order chi connectivity index (χ0) is 23.4. The molecular formula is C16H16F5N5O4S. The number of carbonyl (C=O) groups is 1. The molecule has 170 valence electrons. The second kappa shape index (κ2) is 7.32. The van der Waals surface area contributed by atoms with Crippen molar-refractivity contribution in [3.63, 3.8) is 0 Å². The largest absolute Gasteiger partial charge is 0.478 e. The number of pyridine rings is 1. The minimum Gasteiger partial charge on any atom is -0.478 e. The lowest BCUT2D eigenvalue weighted by atomic mass is 10.1. The van der Waals surface area contributed by atoms with E-state index in [9.17, 15) is 35.2 Å². The van der Waals surface area contributed by atoms with E-state index in [4.69, 9.17) is 5.11 Å². The van der Waals surface area contributed by atoms with Crippen LogP contribution in [0.1, 0.15) is 35.7 Å². The van der Waals surface area contributed by atoms with Crippen molar-refractivity contribution in [1.29, 1.82) is 0 Å². The molecule has 3 N–H and O–H groups in total. The Labute approximate surface area is 172 Å². The summed E-state index contributed by atoms with van der Waals surface area (Å²) in [5.74, 6) is -9.24. The predicted octanol–water partition coefficient (Wildman–Crippen LogP) is 2.73.